The number of benzene rings is 1. The third kappa shape index (κ3) is 3.51. The fourth-order valence-corrected chi connectivity index (χ4v) is 1.86. The normalized spacial score (nSPS) is 10.4. The van der Waals surface area contributed by atoms with Crippen molar-refractivity contribution in [3.8, 4) is 5.75 Å². The maximum absolute atomic E-state index is 11.6. The van der Waals surface area contributed by atoms with Gasteiger partial charge in [0.25, 0.3) is 0 Å². The first-order valence-electron chi connectivity index (χ1n) is 5.44. The summed E-state index contributed by atoms with van der Waals surface area (Å²) in [5.74, 6) is -0.290. The molecule has 0 radical (unpaired) electrons. The maximum atomic E-state index is 11.6. The van der Waals surface area contributed by atoms with Gasteiger partial charge in [-0.3, -0.25) is 4.79 Å². The molecule has 0 atom stereocenters. The molecule has 0 fully saturated rings. The van der Waals surface area contributed by atoms with Crippen LogP contribution in [0.25, 0.3) is 0 Å². The van der Waals surface area contributed by atoms with Crippen LogP contribution in [0.1, 0.15) is 31.7 Å². The second kappa shape index (κ2) is 6.12. The minimum absolute atomic E-state index is 0.131. The van der Waals surface area contributed by atoms with Gasteiger partial charge in [-0.1, -0.05) is 36.5 Å². The third-order valence-electron chi connectivity index (χ3n) is 2.47. The topological polar surface area (TPSA) is 49.3 Å². The average molecular weight is 276 g/mol. The van der Waals surface area contributed by atoms with E-state index in [0.29, 0.717) is 22.7 Å². The van der Waals surface area contributed by atoms with Gasteiger partial charge in [0.1, 0.15) is 0 Å². The lowest BCUT2D eigenvalue weighted by atomic mass is 10.1. The minimum atomic E-state index is -0.149. The number of phenols is 1. The standard InChI is InChI=1S/C12H15Cl2NO2/c1-3-4-5-10(16)15-11-7(2)8(13)6-9(14)12(11)17/h6,17H,3-5H2,1-2H3,(H,15,16). The number of unbranched alkanes of at least 4 members (excludes halogenated alkanes) is 1. The van der Waals surface area contributed by atoms with Gasteiger partial charge < -0.3 is 10.4 Å². The molecule has 5 heteroatoms. The Morgan fingerprint density at radius 2 is 2.06 bits per heavy atom. The highest BCUT2D eigenvalue weighted by atomic mass is 35.5. The number of phenolic OH excluding ortho intramolecular Hbond substituents is 1. The molecule has 1 aromatic carbocycles. The number of hydrogen-bond donors (Lipinski definition) is 2. The highest BCUT2D eigenvalue weighted by molar-refractivity contribution is 6.37. The highest BCUT2D eigenvalue weighted by Crippen LogP contribution is 2.38. The number of aromatic hydroxyl groups is 1. The van der Waals surface area contributed by atoms with Gasteiger partial charge in [0.2, 0.25) is 5.91 Å². The molecule has 0 aliphatic rings. The predicted octanol–water partition coefficient (Wildman–Crippen LogP) is 4.14. The zero-order valence-corrected chi connectivity index (χ0v) is 11.3. The van der Waals surface area contributed by atoms with Crippen LogP contribution in [0.3, 0.4) is 0 Å². The van der Waals surface area contributed by atoms with Crippen LogP contribution < -0.4 is 5.32 Å². The van der Waals surface area contributed by atoms with Crippen LogP contribution in [0.4, 0.5) is 5.69 Å². The molecule has 0 unspecified atom stereocenters. The number of carbonyl (C=O) groups is 1. The van der Waals surface area contributed by atoms with E-state index in [4.69, 9.17) is 23.2 Å². The quantitative estimate of drug-likeness (QED) is 0.812. The van der Waals surface area contributed by atoms with Crippen LogP contribution in [-0.4, -0.2) is 11.0 Å². The van der Waals surface area contributed by atoms with E-state index in [0.717, 1.165) is 12.8 Å². The van der Waals surface area contributed by atoms with E-state index in [1.165, 1.54) is 6.07 Å². The van der Waals surface area contributed by atoms with Gasteiger partial charge in [0, 0.05) is 11.4 Å². The number of anilines is 1. The summed E-state index contributed by atoms with van der Waals surface area (Å²) in [5, 5.41) is 13.0. The molecule has 0 saturated carbocycles. The minimum Gasteiger partial charge on any atom is -0.504 e. The Kier molecular flexibility index (Phi) is 5.09. The monoisotopic (exact) mass is 275 g/mol. The molecule has 1 amide bonds. The van der Waals surface area contributed by atoms with Crippen molar-refractivity contribution in [1.82, 2.24) is 0 Å². The molecule has 17 heavy (non-hydrogen) atoms. The number of amides is 1. The van der Waals surface area contributed by atoms with Crippen LogP contribution >= 0.6 is 23.2 Å². The van der Waals surface area contributed by atoms with Crippen molar-refractivity contribution in [3.63, 3.8) is 0 Å². The number of rotatable bonds is 4. The average Bonchev–Trinajstić information content (AvgIpc) is 2.29. The molecule has 1 rings (SSSR count). The first kappa shape index (κ1) is 14.1. The number of hydrogen-bond acceptors (Lipinski definition) is 2. The number of carbonyl (C=O) groups excluding carboxylic acids is 1. The van der Waals surface area contributed by atoms with E-state index in [1.54, 1.807) is 6.92 Å². The zero-order chi connectivity index (χ0) is 13.0. The van der Waals surface area contributed by atoms with Gasteiger partial charge in [-0.15, -0.1) is 0 Å². The van der Waals surface area contributed by atoms with Crippen molar-refractivity contribution in [2.75, 3.05) is 5.32 Å². The summed E-state index contributed by atoms with van der Waals surface area (Å²) in [5.41, 5.74) is 0.905. The zero-order valence-electron chi connectivity index (χ0n) is 9.81. The number of halogens is 2. The van der Waals surface area contributed by atoms with Crippen molar-refractivity contribution in [2.24, 2.45) is 0 Å². The first-order chi connectivity index (χ1) is 7.97. The van der Waals surface area contributed by atoms with Gasteiger partial charge in [0.05, 0.1) is 10.7 Å². The Balaban J connectivity index is 2.94. The van der Waals surface area contributed by atoms with E-state index < -0.39 is 0 Å². The summed E-state index contributed by atoms with van der Waals surface area (Å²) in [6.45, 7) is 3.72. The second-order valence-corrected chi connectivity index (χ2v) is 4.65. The molecular formula is C12H15Cl2NO2. The molecule has 0 heterocycles. The highest BCUT2D eigenvalue weighted by Gasteiger charge is 2.15. The Hall–Kier alpha value is -0.930. The van der Waals surface area contributed by atoms with Gasteiger partial charge in [0.15, 0.2) is 5.75 Å². The van der Waals surface area contributed by atoms with E-state index >= 15 is 0 Å². The van der Waals surface area contributed by atoms with Crippen molar-refractivity contribution in [3.05, 3.63) is 21.7 Å². The van der Waals surface area contributed by atoms with E-state index in [2.05, 4.69) is 5.32 Å². The lowest BCUT2D eigenvalue weighted by Crippen LogP contribution is -2.12. The fourth-order valence-electron chi connectivity index (χ4n) is 1.40. The summed E-state index contributed by atoms with van der Waals surface area (Å²) >= 11 is 11.7. The summed E-state index contributed by atoms with van der Waals surface area (Å²) in [4.78, 5) is 11.6. The molecule has 0 spiro atoms. The van der Waals surface area contributed by atoms with Gasteiger partial charge in [-0.2, -0.15) is 0 Å². The summed E-state index contributed by atoms with van der Waals surface area (Å²) in [6.07, 6.45) is 2.16. The summed E-state index contributed by atoms with van der Waals surface area (Å²) in [7, 11) is 0. The van der Waals surface area contributed by atoms with Crippen LogP contribution in [0.15, 0.2) is 6.07 Å². The Morgan fingerprint density at radius 1 is 1.41 bits per heavy atom. The third-order valence-corrected chi connectivity index (χ3v) is 3.15. The van der Waals surface area contributed by atoms with Crippen molar-refractivity contribution >= 4 is 34.8 Å². The van der Waals surface area contributed by atoms with Gasteiger partial charge in [-0.05, 0) is 25.0 Å². The molecule has 0 bridgehead atoms. The molecular weight excluding hydrogens is 261 g/mol. The Bertz CT molecular complexity index is 407. The predicted molar refractivity (Wildman–Crippen MR) is 71.0 cm³/mol. The maximum Gasteiger partial charge on any atom is 0.224 e. The van der Waals surface area contributed by atoms with E-state index in [-0.39, 0.29) is 16.7 Å². The van der Waals surface area contributed by atoms with Crippen LogP contribution in [0, 0.1) is 6.92 Å². The molecule has 0 saturated heterocycles. The molecule has 0 aromatic heterocycles. The largest absolute Gasteiger partial charge is 0.504 e. The van der Waals surface area contributed by atoms with Gasteiger partial charge >= 0.3 is 0 Å². The molecule has 94 valence electrons. The molecule has 1 aromatic rings. The molecule has 3 nitrogen and oxygen atoms in total. The van der Waals surface area contributed by atoms with E-state index in [1.807, 2.05) is 6.92 Å². The van der Waals surface area contributed by atoms with Gasteiger partial charge in [-0.25, -0.2) is 0 Å². The van der Waals surface area contributed by atoms with Crippen molar-refractivity contribution < 1.29 is 9.90 Å². The summed E-state index contributed by atoms with van der Waals surface area (Å²) < 4.78 is 0. The van der Waals surface area contributed by atoms with Crippen LogP contribution in [0.2, 0.25) is 10.0 Å². The fraction of sp³-hybridized carbons (Fsp3) is 0.417. The first-order valence-corrected chi connectivity index (χ1v) is 6.20. The Morgan fingerprint density at radius 3 is 2.65 bits per heavy atom. The SMILES string of the molecule is CCCCC(=O)Nc1c(C)c(Cl)cc(Cl)c1O. The van der Waals surface area contributed by atoms with Crippen LogP contribution in [-0.2, 0) is 4.79 Å². The lowest BCUT2D eigenvalue weighted by molar-refractivity contribution is -0.116. The van der Waals surface area contributed by atoms with E-state index in [9.17, 15) is 9.90 Å². The van der Waals surface area contributed by atoms with Crippen molar-refractivity contribution in [2.45, 2.75) is 33.1 Å². The summed E-state index contributed by atoms with van der Waals surface area (Å²) in [6, 6.07) is 1.45. The molecule has 0 aliphatic heterocycles. The van der Waals surface area contributed by atoms with Crippen LogP contribution in [0.5, 0.6) is 5.75 Å². The molecule has 2 N–H and O–H groups in total. The second-order valence-electron chi connectivity index (χ2n) is 3.84. The molecule has 0 aliphatic carbocycles. The number of nitrogens with one attached hydrogen (secondary N) is 1. The smallest absolute Gasteiger partial charge is 0.224 e. The van der Waals surface area contributed by atoms with Crippen molar-refractivity contribution in [1.29, 1.82) is 0 Å². The lowest BCUT2D eigenvalue weighted by Gasteiger charge is -2.12. The Labute approximate surface area is 111 Å².